The smallest absolute Gasteiger partial charge is 0.267 e. The van der Waals surface area contributed by atoms with Gasteiger partial charge in [-0.15, -0.1) is 11.3 Å². The number of hydrogen-bond donors (Lipinski definition) is 2. The molecule has 1 aromatic carbocycles. The van der Waals surface area contributed by atoms with Crippen LogP contribution in [-0.4, -0.2) is 10.9 Å². The van der Waals surface area contributed by atoms with Gasteiger partial charge < -0.3 is 11.1 Å². The number of anilines is 2. The summed E-state index contributed by atoms with van der Waals surface area (Å²) in [4.78, 5) is 16.7. The molecule has 1 heterocycles. The first-order valence-electron chi connectivity index (χ1n) is 5.71. The van der Waals surface area contributed by atoms with E-state index in [4.69, 9.17) is 5.73 Å². The molecular formula is C13H15N3OS. The van der Waals surface area contributed by atoms with Crippen LogP contribution in [0.3, 0.4) is 0 Å². The molecule has 5 heteroatoms. The zero-order valence-electron chi connectivity index (χ0n) is 10.4. The Morgan fingerprint density at radius 2 is 2.28 bits per heavy atom. The summed E-state index contributed by atoms with van der Waals surface area (Å²) >= 11 is 1.33. The van der Waals surface area contributed by atoms with E-state index in [9.17, 15) is 4.79 Å². The summed E-state index contributed by atoms with van der Waals surface area (Å²) in [6.45, 7) is 3.87. The van der Waals surface area contributed by atoms with Crippen LogP contribution in [0.2, 0.25) is 0 Å². The lowest BCUT2D eigenvalue weighted by Gasteiger charge is -2.08. The van der Waals surface area contributed by atoms with Crippen molar-refractivity contribution in [2.24, 2.45) is 0 Å². The molecule has 1 aromatic heterocycles. The average molecular weight is 261 g/mol. The molecule has 0 atom stereocenters. The molecule has 0 radical (unpaired) electrons. The van der Waals surface area contributed by atoms with Gasteiger partial charge in [-0.2, -0.15) is 0 Å². The van der Waals surface area contributed by atoms with Crippen LogP contribution in [0.1, 0.15) is 27.9 Å². The summed E-state index contributed by atoms with van der Waals surface area (Å²) in [6.07, 6.45) is 0.883. The summed E-state index contributed by atoms with van der Waals surface area (Å²) < 4.78 is 0. The van der Waals surface area contributed by atoms with E-state index in [0.29, 0.717) is 16.3 Å². The van der Waals surface area contributed by atoms with Crippen LogP contribution in [-0.2, 0) is 6.42 Å². The third-order valence-electron chi connectivity index (χ3n) is 2.74. The molecule has 0 saturated heterocycles. The van der Waals surface area contributed by atoms with Crippen molar-refractivity contribution in [3.63, 3.8) is 0 Å². The standard InChI is InChI=1S/C13H15N3OS/c1-3-9-4-5-10(6-11(9)14)16-13(17)12-8(2)15-7-18-12/h4-7H,3,14H2,1-2H3,(H,16,17). The van der Waals surface area contributed by atoms with Crippen molar-refractivity contribution >= 4 is 28.6 Å². The molecule has 2 rings (SSSR count). The highest BCUT2D eigenvalue weighted by Crippen LogP contribution is 2.20. The Labute approximate surface area is 110 Å². The van der Waals surface area contributed by atoms with Crippen molar-refractivity contribution in [2.75, 3.05) is 11.1 Å². The first kappa shape index (κ1) is 12.6. The Morgan fingerprint density at radius 3 is 2.83 bits per heavy atom. The molecule has 2 aromatic rings. The zero-order valence-corrected chi connectivity index (χ0v) is 11.2. The molecule has 0 aliphatic heterocycles. The van der Waals surface area contributed by atoms with Crippen molar-refractivity contribution in [3.8, 4) is 0 Å². The number of nitrogen functional groups attached to an aromatic ring is 1. The second-order valence-corrected chi connectivity index (χ2v) is 4.84. The average Bonchev–Trinajstić information content (AvgIpc) is 2.76. The van der Waals surface area contributed by atoms with Crippen LogP contribution < -0.4 is 11.1 Å². The van der Waals surface area contributed by atoms with Crippen molar-refractivity contribution in [1.29, 1.82) is 0 Å². The number of thiazole rings is 1. The van der Waals surface area contributed by atoms with Crippen molar-refractivity contribution in [1.82, 2.24) is 4.98 Å². The lowest BCUT2D eigenvalue weighted by atomic mass is 10.1. The third-order valence-corrected chi connectivity index (χ3v) is 3.66. The number of carbonyl (C=O) groups excluding carboxylic acids is 1. The minimum Gasteiger partial charge on any atom is -0.398 e. The molecule has 94 valence electrons. The first-order chi connectivity index (χ1) is 8.61. The molecular weight excluding hydrogens is 246 g/mol. The minimum absolute atomic E-state index is 0.140. The molecule has 0 fully saturated rings. The summed E-state index contributed by atoms with van der Waals surface area (Å²) in [5.41, 5.74) is 10.8. The van der Waals surface area contributed by atoms with E-state index in [2.05, 4.69) is 10.3 Å². The Balaban J connectivity index is 2.17. The zero-order chi connectivity index (χ0) is 13.1. The number of aryl methyl sites for hydroxylation is 2. The van der Waals surface area contributed by atoms with Crippen LogP contribution in [0.15, 0.2) is 23.7 Å². The predicted octanol–water partition coefficient (Wildman–Crippen LogP) is 2.85. The van der Waals surface area contributed by atoms with Crippen LogP contribution in [0.5, 0.6) is 0 Å². The van der Waals surface area contributed by atoms with Crippen LogP contribution in [0, 0.1) is 6.92 Å². The van der Waals surface area contributed by atoms with Crippen molar-refractivity contribution in [2.45, 2.75) is 20.3 Å². The normalized spacial score (nSPS) is 10.3. The summed E-state index contributed by atoms with van der Waals surface area (Å²) in [7, 11) is 0. The molecule has 3 N–H and O–H groups in total. The van der Waals surface area contributed by atoms with Gasteiger partial charge in [0.15, 0.2) is 0 Å². The van der Waals surface area contributed by atoms with Gasteiger partial charge in [0.05, 0.1) is 11.2 Å². The van der Waals surface area contributed by atoms with Gasteiger partial charge in [0, 0.05) is 11.4 Å². The van der Waals surface area contributed by atoms with Gasteiger partial charge >= 0.3 is 0 Å². The highest BCUT2D eigenvalue weighted by molar-refractivity contribution is 7.12. The van der Waals surface area contributed by atoms with E-state index in [-0.39, 0.29) is 5.91 Å². The second-order valence-electron chi connectivity index (χ2n) is 3.99. The van der Waals surface area contributed by atoms with Gasteiger partial charge in [0.1, 0.15) is 4.88 Å². The predicted molar refractivity (Wildman–Crippen MR) is 75.0 cm³/mol. The number of rotatable bonds is 3. The number of aromatic nitrogens is 1. The topological polar surface area (TPSA) is 68.0 Å². The number of benzene rings is 1. The number of carbonyl (C=O) groups is 1. The van der Waals surface area contributed by atoms with Crippen molar-refractivity contribution < 1.29 is 4.79 Å². The van der Waals surface area contributed by atoms with E-state index < -0.39 is 0 Å². The monoisotopic (exact) mass is 261 g/mol. The highest BCUT2D eigenvalue weighted by Gasteiger charge is 2.12. The Morgan fingerprint density at radius 1 is 1.50 bits per heavy atom. The quantitative estimate of drug-likeness (QED) is 0.835. The number of nitrogens with one attached hydrogen (secondary N) is 1. The maximum Gasteiger partial charge on any atom is 0.267 e. The first-order valence-corrected chi connectivity index (χ1v) is 6.59. The molecule has 0 unspecified atom stereocenters. The number of nitrogens with zero attached hydrogens (tertiary/aromatic N) is 1. The third kappa shape index (κ3) is 2.51. The Hall–Kier alpha value is -1.88. The van der Waals surface area contributed by atoms with Crippen LogP contribution in [0.25, 0.3) is 0 Å². The second kappa shape index (κ2) is 5.18. The molecule has 0 aliphatic carbocycles. The minimum atomic E-state index is -0.140. The van der Waals surface area contributed by atoms with E-state index in [1.54, 1.807) is 11.6 Å². The Kier molecular flexibility index (Phi) is 3.62. The number of hydrogen-bond acceptors (Lipinski definition) is 4. The fourth-order valence-electron chi connectivity index (χ4n) is 1.70. The summed E-state index contributed by atoms with van der Waals surface area (Å²) in [6, 6.07) is 5.58. The molecule has 0 saturated carbocycles. The Bertz CT molecular complexity index is 577. The van der Waals surface area contributed by atoms with Gasteiger partial charge in [0.25, 0.3) is 5.91 Å². The summed E-state index contributed by atoms with van der Waals surface area (Å²) in [5, 5.41) is 2.83. The molecule has 0 aliphatic rings. The number of amides is 1. The summed E-state index contributed by atoms with van der Waals surface area (Å²) in [5.74, 6) is -0.140. The molecule has 0 spiro atoms. The lowest BCUT2D eigenvalue weighted by molar-refractivity contribution is 0.103. The highest BCUT2D eigenvalue weighted by atomic mass is 32.1. The molecule has 1 amide bonds. The van der Waals surface area contributed by atoms with Crippen LogP contribution >= 0.6 is 11.3 Å². The van der Waals surface area contributed by atoms with Crippen molar-refractivity contribution in [3.05, 3.63) is 39.8 Å². The molecule has 18 heavy (non-hydrogen) atoms. The molecule has 0 bridgehead atoms. The lowest BCUT2D eigenvalue weighted by Crippen LogP contribution is -2.12. The van der Waals surface area contributed by atoms with Crippen LogP contribution in [0.4, 0.5) is 11.4 Å². The van der Waals surface area contributed by atoms with Gasteiger partial charge in [-0.05, 0) is 31.0 Å². The SMILES string of the molecule is CCc1ccc(NC(=O)c2scnc2C)cc1N. The fourth-order valence-corrected chi connectivity index (χ4v) is 2.40. The maximum atomic E-state index is 12.0. The van der Waals surface area contributed by atoms with E-state index in [1.807, 2.05) is 26.0 Å². The largest absolute Gasteiger partial charge is 0.398 e. The number of nitrogens with two attached hydrogens (primary N) is 1. The van der Waals surface area contributed by atoms with Gasteiger partial charge in [-0.1, -0.05) is 13.0 Å². The fraction of sp³-hybridized carbons (Fsp3) is 0.231. The van der Waals surface area contributed by atoms with E-state index in [0.717, 1.165) is 17.7 Å². The van der Waals surface area contributed by atoms with E-state index >= 15 is 0 Å². The maximum absolute atomic E-state index is 12.0. The van der Waals surface area contributed by atoms with E-state index in [1.165, 1.54) is 11.3 Å². The van der Waals surface area contributed by atoms with Gasteiger partial charge in [0.2, 0.25) is 0 Å². The van der Waals surface area contributed by atoms with Gasteiger partial charge in [-0.3, -0.25) is 4.79 Å². The molecule has 4 nitrogen and oxygen atoms in total. The van der Waals surface area contributed by atoms with Gasteiger partial charge in [-0.25, -0.2) is 4.98 Å².